The summed E-state index contributed by atoms with van der Waals surface area (Å²) >= 11 is 0. The van der Waals surface area contributed by atoms with Crippen LogP contribution in [-0.4, -0.2) is 12.5 Å². The Morgan fingerprint density at radius 1 is 1.26 bits per heavy atom. The van der Waals surface area contributed by atoms with Crippen molar-refractivity contribution in [2.24, 2.45) is 5.73 Å². The SMILES string of the molecule is CCCC(CN)(CCC)c1cccc2c1CC(=O)N2. The highest BCUT2D eigenvalue weighted by Crippen LogP contribution is 2.39. The average Bonchev–Trinajstić information content (AvgIpc) is 2.78. The Morgan fingerprint density at radius 3 is 2.53 bits per heavy atom. The molecule has 104 valence electrons. The van der Waals surface area contributed by atoms with Crippen molar-refractivity contribution in [3.8, 4) is 0 Å². The van der Waals surface area contributed by atoms with Crippen LogP contribution in [-0.2, 0) is 16.6 Å². The summed E-state index contributed by atoms with van der Waals surface area (Å²) in [4.78, 5) is 11.6. The zero-order chi connectivity index (χ0) is 13.9. The summed E-state index contributed by atoms with van der Waals surface area (Å²) in [6.07, 6.45) is 4.90. The van der Waals surface area contributed by atoms with E-state index in [2.05, 4.69) is 25.2 Å². The van der Waals surface area contributed by atoms with Crippen LogP contribution in [0.2, 0.25) is 0 Å². The number of fused-ring (bicyclic) bond motifs is 1. The molecule has 1 aromatic carbocycles. The van der Waals surface area contributed by atoms with Gasteiger partial charge in [-0.25, -0.2) is 0 Å². The van der Waals surface area contributed by atoms with Gasteiger partial charge in [-0.3, -0.25) is 4.79 Å². The Kier molecular flexibility index (Phi) is 4.25. The van der Waals surface area contributed by atoms with Crippen molar-refractivity contribution < 1.29 is 4.79 Å². The molecule has 0 radical (unpaired) electrons. The van der Waals surface area contributed by atoms with E-state index in [9.17, 15) is 4.79 Å². The van der Waals surface area contributed by atoms with Gasteiger partial charge < -0.3 is 11.1 Å². The smallest absolute Gasteiger partial charge is 0.228 e. The number of nitrogens with one attached hydrogen (secondary N) is 1. The highest BCUT2D eigenvalue weighted by Gasteiger charge is 2.34. The van der Waals surface area contributed by atoms with Crippen LogP contribution in [0.1, 0.15) is 50.7 Å². The molecule has 1 aliphatic rings. The second-order valence-corrected chi connectivity index (χ2v) is 5.54. The van der Waals surface area contributed by atoms with E-state index in [1.807, 2.05) is 12.1 Å². The lowest BCUT2D eigenvalue weighted by Crippen LogP contribution is -2.36. The van der Waals surface area contributed by atoms with Crippen LogP contribution in [0.25, 0.3) is 0 Å². The second kappa shape index (κ2) is 5.74. The molecule has 3 N–H and O–H groups in total. The van der Waals surface area contributed by atoms with Crippen molar-refractivity contribution >= 4 is 11.6 Å². The van der Waals surface area contributed by atoms with Crippen LogP contribution in [0, 0.1) is 0 Å². The zero-order valence-corrected chi connectivity index (χ0v) is 12.0. The lowest BCUT2D eigenvalue weighted by molar-refractivity contribution is -0.115. The molecule has 0 saturated carbocycles. The molecule has 3 nitrogen and oxygen atoms in total. The van der Waals surface area contributed by atoms with Crippen LogP contribution in [0.5, 0.6) is 0 Å². The predicted octanol–water partition coefficient (Wildman–Crippen LogP) is 2.98. The fourth-order valence-corrected chi connectivity index (χ4v) is 3.41. The lowest BCUT2D eigenvalue weighted by atomic mass is 9.71. The molecule has 0 spiro atoms. The van der Waals surface area contributed by atoms with E-state index >= 15 is 0 Å². The quantitative estimate of drug-likeness (QED) is 0.826. The Balaban J connectivity index is 2.48. The second-order valence-electron chi connectivity index (χ2n) is 5.54. The number of hydrogen-bond acceptors (Lipinski definition) is 2. The van der Waals surface area contributed by atoms with Gasteiger partial charge in [0.25, 0.3) is 0 Å². The summed E-state index contributed by atoms with van der Waals surface area (Å²) in [7, 11) is 0. The molecule has 0 fully saturated rings. The van der Waals surface area contributed by atoms with Gasteiger partial charge >= 0.3 is 0 Å². The van der Waals surface area contributed by atoms with Crippen molar-refractivity contribution in [3.63, 3.8) is 0 Å². The van der Waals surface area contributed by atoms with Crippen molar-refractivity contribution in [1.29, 1.82) is 0 Å². The number of rotatable bonds is 6. The Hall–Kier alpha value is -1.35. The van der Waals surface area contributed by atoms with Gasteiger partial charge in [-0.05, 0) is 30.0 Å². The molecule has 1 amide bonds. The molecule has 0 atom stereocenters. The van der Waals surface area contributed by atoms with E-state index < -0.39 is 0 Å². The number of carbonyl (C=O) groups excluding carboxylic acids is 1. The summed E-state index contributed by atoms with van der Waals surface area (Å²) in [5.41, 5.74) is 9.60. The van der Waals surface area contributed by atoms with Crippen molar-refractivity contribution in [2.75, 3.05) is 11.9 Å². The Bertz CT molecular complexity index is 462. The molecule has 0 bridgehead atoms. The first-order valence-corrected chi connectivity index (χ1v) is 7.29. The summed E-state index contributed by atoms with van der Waals surface area (Å²) in [5, 5.41) is 2.94. The third kappa shape index (κ3) is 2.52. The maximum atomic E-state index is 11.6. The van der Waals surface area contributed by atoms with Crippen LogP contribution in [0.15, 0.2) is 18.2 Å². The number of hydrogen-bond donors (Lipinski definition) is 2. The molecule has 0 unspecified atom stereocenters. The third-order valence-corrected chi connectivity index (χ3v) is 4.21. The monoisotopic (exact) mass is 260 g/mol. The number of nitrogens with two attached hydrogens (primary N) is 1. The maximum Gasteiger partial charge on any atom is 0.228 e. The van der Waals surface area contributed by atoms with Crippen LogP contribution >= 0.6 is 0 Å². The van der Waals surface area contributed by atoms with Gasteiger partial charge in [0.05, 0.1) is 6.42 Å². The molecule has 1 aromatic rings. The van der Waals surface area contributed by atoms with Crippen LogP contribution in [0.3, 0.4) is 0 Å². The highest BCUT2D eigenvalue weighted by molar-refractivity contribution is 5.99. The number of anilines is 1. The van der Waals surface area contributed by atoms with E-state index in [1.165, 1.54) is 11.1 Å². The normalized spacial score (nSPS) is 14.4. The molecule has 2 rings (SSSR count). The van der Waals surface area contributed by atoms with E-state index in [-0.39, 0.29) is 11.3 Å². The molecule has 3 heteroatoms. The molecule has 19 heavy (non-hydrogen) atoms. The summed E-state index contributed by atoms with van der Waals surface area (Å²) < 4.78 is 0. The predicted molar refractivity (Wildman–Crippen MR) is 79.3 cm³/mol. The third-order valence-electron chi connectivity index (χ3n) is 4.21. The maximum absolute atomic E-state index is 11.6. The first kappa shape index (κ1) is 14.1. The average molecular weight is 260 g/mol. The van der Waals surface area contributed by atoms with Gasteiger partial charge in [0, 0.05) is 17.6 Å². The molecular weight excluding hydrogens is 236 g/mol. The van der Waals surface area contributed by atoms with Gasteiger partial charge in [-0.15, -0.1) is 0 Å². The molecular formula is C16H24N2O. The van der Waals surface area contributed by atoms with Gasteiger partial charge in [-0.1, -0.05) is 38.8 Å². The zero-order valence-electron chi connectivity index (χ0n) is 12.0. The Labute approximate surface area is 115 Å². The summed E-state index contributed by atoms with van der Waals surface area (Å²) in [6.45, 7) is 5.05. The van der Waals surface area contributed by atoms with Crippen molar-refractivity contribution in [1.82, 2.24) is 0 Å². The van der Waals surface area contributed by atoms with Gasteiger partial charge in [0.15, 0.2) is 0 Å². The van der Waals surface area contributed by atoms with E-state index in [0.717, 1.165) is 31.4 Å². The van der Waals surface area contributed by atoms with E-state index in [0.29, 0.717) is 13.0 Å². The first-order chi connectivity index (χ1) is 9.16. The van der Waals surface area contributed by atoms with Gasteiger partial charge in [0.1, 0.15) is 0 Å². The van der Waals surface area contributed by atoms with Gasteiger partial charge in [0.2, 0.25) is 5.91 Å². The fourth-order valence-electron chi connectivity index (χ4n) is 3.41. The van der Waals surface area contributed by atoms with Crippen molar-refractivity contribution in [3.05, 3.63) is 29.3 Å². The minimum atomic E-state index is 0.0289. The summed E-state index contributed by atoms with van der Waals surface area (Å²) in [5.74, 6) is 0.0985. The topological polar surface area (TPSA) is 55.1 Å². The van der Waals surface area contributed by atoms with E-state index in [1.54, 1.807) is 0 Å². The number of amides is 1. The first-order valence-electron chi connectivity index (χ1n) is 7.29. The highest BCUT2D eigenvalue weighted by atomic mass is 16.1. The molecule has 1 heterocycles. The summed E-state index contributed by atoms with van der Waals surface area (Å²) in [6, 6.07) is 6.19. The molecule has 1 aliphatic heterocycles. The van der Waals surface area contributed by atoms with Crippen LogP contribution in [0.4, 0.5) is 5.69 Å². The molecule has 0 aromatic heterocycles. The lowest BCUT2D eigenvalue weighted by Gasteiger charge is -2.34. The number of carbonyl (C=O) groups is 1. The minimum absolute atomic E-state index is 0.0289. The minimum Gasteiger partial charge on any atom is -0.330 e. The van der Waals surface area contributed by atoms with E-state index in [4.69, 9.17) is 5.73 Å². The standard InChI is InChI=1S/C16H24N2O/c1-3-8-16(11-17,9-4-2)13-6-5-7-14-12(13)10-15(19)18-14/h5-7H,3-4,8-11,17H2,1-2H3,(H,18,19). The molecule has 0 saturated heterocycles. The Morgan fingerprint density at radius 2 is 1.95 bits per heavy atom. The largest absolute Gasteiger partial charge is 0.330 e. The molecule has 0 aliphatic carbocycles. The fraction of sp³-hybridized carbons (Fsp3) is 0.562. The van der Waals surface area contributed by atoms with Gasteiger partial charge in [-0.2, -0.15) is 0 Å². The van der Waals surface area contributed by atoms with Crippen molar-refractivity contribution in [2.45, 2.75) is 51.4 Å². The number of benzene rings is 1. The van der Waals surface area contributed by atoms with Crippen LogP contribution < -0.4 is 11.1 Å².